The number of benzene rings is 3. The lowest BCUT2D eigenvalue weighted by Crippen LogP contribution is -2.41. The number of carbonyl (C=O) groups is 2. The van der Waals surface area contributed by atoms with Gasteiger partial charge in [-0.25, -0.2) is 4.79 Å². The summed E-state index contributed by atoms with van der Waals surface area (Å²) in [5.41, 5.74) is 7.11. The topological polar surface area (TPSA) is 159 Å². The van der Waals surface area contributed by atoms with Gasteiger partial charge in [-0.2, -0.15) is 5.21 Å². The van der Waals surface area contributed by atoms with Crippen LogP contribution in [0.1, 0.15) is 31.8 Å². The lowest BCUT2D eigenvalue weighted by molar-refractivity contribution is 0.0696. The van der Waals surface area contributed by atoms with Crippen LogP contribution in [0.15, 0.2) is 54.6 Å². The van der Waals surface area contributed by atoms with Gasteiger partial charge in [-0.05, 0) is 47.7 Å². The van der Waals surface area contributed by atoms with Crippen molar-refractivity contribution < 1.29 is 14.7 Å². The van der Waals surface area contributed by atoms with E-state index in [1.54, 1.807) is 42.5 Å². The van der Waals surface area contributed by atoms with Crippen LogP contribution in [0.4, 0.5) is 11.4 Å². The van der Waals surface area contributed by atoms with E-state index in [1.165, 1.54) is 12.1 Å². The maximum atomic E-state index is 11.9. The molecule has 0 aliphatic carbocycles. The summed E-state index contributed by atoms with van der Waals surface area (Å²) in [5.74, 6) is -1.51. The first-order valence-corrected chi connectivity index (χ1v) is 10.6. The Morgan fingerprint density at radius 1 is 0.941 bits per heavy atom. The number of halogens is 2. The number of aromatic nitrogens is 4. The SMILES string of the molecule is NC(=O)c1ccc(C2(c3c(Cl)cccc3Cl)Nc3ccc(C(=O)O)cc3N2)c(-c2nn[nH]n2)c1. The van der Waals surface area contributed by atoms with Gasteiger partial charge in [0.05, 0.1) is 16.9 Å². The number of nitrogens with one attached hydrogen (secondary N) is 3. The van der Waals surface area contributed by atoms with E-state index in [0.717, 1.165) is 0 Å². The van der Waals surface area contributed by atoms with E-state index < -0.39 is 17.5 Å². The summed E-state index contributed by atoms with van der Waals surface area (Å²) < 4.78 is 0. The molecule has 1 aliphatic heterocycles. The number of H-pyrrole nitrogens is 1. The summed E-state index contributed by atoms with van der Waals surface area (Å²) in [4.78, 5) is 23.5. The number of rotatable bonds is 5. The molecule has 10 nitrogen and oxygen atoms in total. The number of amides is 1. The molecule has 4 aromatic rings. The average Bonchev–Trinajstić information content (AvgIpc) is 3.46. The molecule has 1 aliphatic rings. The number of hydrogen-bond acceptors (Lipinski definition) is 7. The van der Waals surface area contributed by atoms with Crippen molar-refractivity contribution in [3.05, 3.63) is 86.9 Å². The van der Waals surface area contributed by atoms with Crippen molar-refractivity contribution >= 4 is 46.5 Å². The maximum Gasteiger partial charge on any atom is 0.335 e. The molecule has 0 bridgehead atoms. The predicted octanol–water partition coefficient (Wildman–Crippen LogP) is 3.71. The van der Waals surface area contributed by atoms with Crippen LogP contribution < -0.4 is 16.4 Å². The minimum absolute atomic E-state index is 0.0940. The molecule has 0 saturated carbocycles. The Bertz CT molecular complexity index is 1440. The van der Waals surface area contributed by atoms with Gasteiger partial charge in [0, 0.05) is 32.3 Å². The van der Waals surface area contributed by atoms with Crippen LogP contribution in [-0.4, -0.2) is 37.6 Å². The monoisotopic (exact) mass is 495 g/mol. The third-order valence-electron chi connectivity index (χ3n) is 5.54. The molecule has 0 spiro atoms. The van der Waals surface area contributed by atoms with Gasteiger partial charge in [0.25, 0.3) is 0 Å². The normalized spacial score (nSPS) is 16.4. The number of aromatic carboxylic acids is 1. The molecule has 5 rings (SSSR count). The van der Waals surface area contributed by atoms with Gasteiger partial charge in [0.15, 0.2) is 5.66 Å². The van der Waals surface area contributed by atoms with Gasteiger partial charge in [-0.1, -0.05) is 35.3 Å². The van der Waals surface area contributed by atoms with Gasteiger partial charge in [0.2, 0.25) is 11.7 Å². The Kier molecular flexibility index (Phi) is 5.11. The van der Waals surface area contributed by atoms with Gasteiger partial charge >= 0.3 is 5.97 Å². The molecule has 1 aromatic heterocycles. The second kappa shape index (κ2) is 8.01. The number of carboxylic acids is 1. The standard InChI is InChI=1S/C22H15Cl2N7O3/c23-14-2-1-3-15(24)18(14)22(26-16-7-5-11(21(33)34)9-17(16)27-22)13-6-4-10(19(25)32)8-12(13)20-28-30-31-29-20/h1-9,26-27H,(H2,25,32)(H,33,34)(H,28,29,30,31). The molecule has 12 heteroatoms. The maximum absolute atomic E-state index is 11.9. The highest BCUT2D eigenvalue weighted by atomic mass is 35.5. The second-order valence-corrected chi connectivity index (χ2v) is 8.34. The van der Waals surface area contributed by atoms with E-state index in [2.05, 4.69) is 31.3 Å². The van der Waals surface area contributed by atoms with Crippen molar-refractivity contribution in [3.8, 4) is 11.4 Å². The Morgan fingerprint density at radius 2 is 1.65 bits per heavy atom. The van der Waals surface area contributed by atoms with Gasteiger partial charge in [-0.15, -0.1) is 10.2 Å². The highest BCUT2D eigenvalue weighted by Gasteiger charge is 2.45. The predicted molar refractivity (Wildman–Crippen MR) is 126 cm³/mol. The van der Waals surface area contributed by atoms with Crippen LogP contribution in [0.25, 0.3) is 11.4 Å². The fourth-order valence-corrected chi connectivity index (χ4v) is 4.74. The molecule has 1 unspecified atom stereocenters. The van der Waals surface area contributed by atoms with E-state index >= 15 is 0 Å². The molecule has 0 saturated heterocycles. The second-order valence-electron chi connectivity index (χ2n) is 7.52. The Morgan fingerprint density at radius 3 is 2.29 bits per heavy atom. The minimum Gasteiger partial charge on any atom is -0.478 e. The van der Waals surface area contributed by atoms with E-state index in [4.69, 9.17) is 28.9 Å². The van der Waals surface area contributed by atoms with E-state index in [0.29, 0.717) is 38.1 Å². The third-order valence-corrected chi connectivity index (χ3v) is 6.17. The number of aromatic amines is 1. The van der Waals surface area contributed by atoms with Crippen molar-refractivity contribution in [3.63, 3.8) is 0 Å². The van der Waals surface area contributed by atoms with Crippen LogP contribution in [0.2, 0.25) is 10.0 Å². The van der Waals surface area contributed by atoms with E-state index in [-0.39, 0.29) is 17.0 Å². The fraction of sp³-hybridized carbons (Fsp3) is 0.0455. The summed E-state index contributed by atoms with van der Waals surface area (Å²) in [6.07, 6.45) is 0. The smallest absolute Gasteiger partial charge is 0.335 e. The van der Waals surface area contributed by atoms with Crippen LogP contribution in [0.3, 0.4) is 0 Å². The number of carbonyl (C=O) groups excluding carboxylic acids is 1. The first-order valence-electron chi connectivity index (χ1n) is 9.86. The molecule has 3 aromatic carbocycles. The molecule has 0 fully saturated rings. The van der Waals surface area contributed by atoms with Gasteiger partial charge in [0.1, 0.15) is 0 Å². The lowest BCUT2D eigenvalue weighted by atomic mass is 9.86. The molecule has 34 heavy (non-hydrogen) atoms. The molecular weight excluding hydrogens is 481 g/mol. The number of fused-ring (bicyclic) bond motifs is 1. The highest BCUT2D eigenvalue weighted by molar-refractivity contribution is 6.36. The largest absolute Gasteiger partial charge is 0.478 e. The van der Waals surface area contributed by atoms with Crippen LogP contribution in [0.5, 0.6) is 0 Å². The molecule has 0 radical (unpaired) electrons. The zero-order valence-corrected chi connectivity index (χ0v) is 18.6. The van der Waals surface area contributed by atoms with Gasteiger partial charge < -0.3 is 21.5 Å². The number of anilines is 2. The molecule has 1 atom stereocenters. The number of carboxylic acid groups (broad SMARTS) is 1. The first kappa shape index (κ1) is 21.7. The molecule has 2 heterocycles. The summed E-state index contributed by atoms with van der Waals surface area (Å²) in [5, 5.41) is 31.1. The summed E-state index contributed by atoms with van der Waals surface area (Å²) in [6.45, 7) is 0. The van der Waals surface area contributed by atoms with E-state index in [9.17, 15) is 14.7 Å². The summed E-state index contributed by atoms with van der Waals surface area (Å²) >= 11 is 13.3. The van der Waals surface area contributed by atoms with Crippen molar-refractivity contribution in [1.29, 1.82) is 0 Å². The third kappa shape index (κ3) is 3.40. The summed E-state index contributed by atoms with van der Waals surface area (Å²) in [6, 6.07) is 14.5. The highest BCUT2D eigenvalue weighted by Crippen LogP contribution is 2.50. The molecule has 6 N–H and O–H groups in total. The number of primary amides is 1. The number of nitrogens with zero attached hydrogens (tertiary/aromatic N) is 3. The van der Waals surface area contributed by atoms with Crippen LogP contribution in [-0.2, 0) is 5.66 Å². The Labute approximate surface area is 202 Å². The number of hydrogen-bond donors (Lipinski definition) is 5. The number of nitrogens with two attached hydrogens (primary N) is 1. The number of tetrazole rings is 1. The molecule has 170 valence electrons. The lowest BCUT2D eigenvalue weighted by Gasteiger charge is -2.35. The van der Waals surface area contributed by atoms with Crippen LogP contribution in [0, 0.1) is 0 Å². The molecular formula is C22H15Cl2N7O3. The van der Waals surface area contributed by atoms with E-state index in [1.807, 2.05) is 0 Å². The van der Waals surface area contributed by atoms with Crippen molar-refractivity contribution in [2.45, 2.75) is 5.66 Å². The summed E-state index contributed by atoms with van der Waals surface area (Å²) in [7, 11) is 0. The first-order chi connectivity index (χ1) is 16.3. The fourth-order valence-electron chi connectivity index (χ4n) is 4.06. The quantitative estimate of drug-likeness (QED) is 0.280. The Balaban J connectivity index is 1.81. The zero-order valence-electron chi connectivity index (χ0n) is 17.1. The Hall–Kier alpha value is -4.15. The van der Waals surface area contributed by atoms with Crippen molar-refractivity contribution in [2.75, 3.05) is 10.6 Å². The molecule has 1 amide bonds. The van der Waals surface area contributed by atoms with Gasteiger partial charge in [-0.3, -0.25) is 4.79 Å². The van der Waals surface area contributed by atoms with Crippen LogP contribution >= 0.6 is 23.2 Å². The average molecular weight is 496 g/mol. The van der Waals surface area contributed by atoms with Crippen molar-refractivity contribution in [2.24, 2.45) is 5.73 Å². The minimum atomic E-state index is -1.29. The van der Waals surface area contributed by atoms with Crippen molar-refractivity contribution in [1.82, 2.24) is 20.6 Å². The zero-order chi connectivity index (χ0) is 24.0.